The molecule has 1 N–H and O–H groups in total. The Hall–Kier alpha value is -2.43. The number of furan rings is 1. The van der Waals surface area contributed by atoms with Gasteiger partial charge in [-0.25, -0.2) is 0 Å². The quantitative estimate of drug-likeness (QED) is 0.524. The number of hydrogen-bond acceptors (Lipinski definition) is 4. The molecular weight excluding hydrogens is 396 g/mol. The summed E-state index contributed by atoms with van der Waals surface area (Å²) in [6, 6.07) is 17.0. The van der Waals surface area contributed by atoms with Gasteiger partial charge >= 0.3 is 0 Å². The number of fused-ring (bicyclic) bond motifs is 1. The van der Waals surface area contributed by atoms with Gasteiger partial charge in [0.25, 0.3) is 0 Å². The maximum atomic E-state index is 6.19. The summed E-state index contributed by atoms with van der Waals surface area (Å²) in [6.07, 6.45) is 7.94. The smallest absolute Gasteiger partial charge is 0.138 e. The van der Waals surface area contributed by atoms with E-state index in [1.54, 1.807) is 0 Å². The lowest BCUT2D eigenvalue weighted by molar-refractivity contribution is 0.153. The average Bonchev–Trinajstić information content (AvgIpc) is 3.15. The van der Waals surface area contributed by atoms with Gasteiger partial charge < -0.3 is 19.4 Å². The van der Waals surface area contributed by atoms with Gasteiger partial charge in [0.2, 0.25) is 0 Å². The van der Waals surface area contributed by atoms with E-state index in [9.17, 15) is 0 Å². The molecule has 160 valence electrons. The molecule has 5 heteroatoms. The lowest BCUT2D eigenvalue weighted by Gasteiger charge is -2.29. The van der Waals surface area contributed by atoms with E-state index in [-0.39, 0.29) is 18.5 Å². The second-order valence-corrected chi connectivity index (χ2v) is 8.05. The van der Waals surface area contributed by atoms with Crippen molar-refractivity contribution in [2.45, 2.75) is 38.3 Å². The highest BCUT2D eigenvalue weighted by atomic mass is 35.5. The molecule has 1 aliphatic heterocycles. The third kappa shape index (κ3) is 5.38. The third-order valence-corrected chi connectivity index (χ3v) is 5.60. The van der Waals surface area contributed by atoms with E-state index < -0.39 is 0 Å². The fourth-order valence-corrected chi connectivity index (χ4v) is 3.83. The summed E-state index contributed by atoms with van der Waals surface area (Å²) in [4.78, 5) is 2.09. The summed E-state index contributed by atoms with van der Waals surface area (Å²) in [7, 11) is 4.09. The van der Waals surface area contributed by atoms with Crippen LogP contribution in [0.25, 0.3) is 23.1 Å². The topological polar surface area (TPSA) is 37.6 Å². The van der Waals surface area contributed by atoms with Crippen molar-refractivity contribution < 1.29 is 9.15 Å². The Kier molecular flexibility index (Phi) is 7.46. The molecule has 1 saturated heterocycles. The summed E-state index contributed by atoms with van der Waals surface area (Å²) in [5, 5.41) is 4.65. The SMILES string of the molecule is CC(Oc1ccc2cc(C=Cc3ccc(N(C)C)cc3)oc2c1)C1CCCCN1.Cl. The Bertz CT molecular complexity index is 972. The third-order valence-electron chi connectivity index (χ3n) is 5.60. The molecule has 1 aromatic heterocycles. The number of piperidine rings is 1. The molecule has 30 heavy (non-hydrogen) atoms. The molecule has 2 atom stereocenters. The molecule has 2 unspecified atom stereocenters. The number of ether oxygens (including phenoxy) is 1. The number of benzene rings is 2. The largest absolute Gasteiger partial charge is 0.489 e. The number of nitrogens with one attached hydrogen (secondary N) is 1. The predicted molar refractivity (Wildman–Crippen MR) is 129 cm³/mol. The van der Waals surface area contributed by atoms with Crippen molar-refractivity contribution in [3.05, 3.63) is 59.9 Å². The molecule has 0 spiro atoms. The van der Waals surface area contributed by atoms with Crippen molar-refractivity contribution in [1.82, 2.24) is 5.32 Å². The van der Waals surface area contributed by atoms with Crippen LogP contribution in [0.4, 0.5) is 5.69 Å². The highest BCUT2D eigenvalue weighted by molar-refractivity contribution is 5.85. The minimum absolute atomic E-state index is 0. The maximum absolute atomic E-state index is 6.19. The summed E-state index contributed by atoms with van der Waals surface area (Å²) in [6.45, 7) is 3.23. The summed E-state index contributed by atoms with van der Waals surface area (Å²) in [5.41, 5.74) is 3.19. The lowest BCUT2D eigenvalue weighted by atomic mass is 10.0. The normalized spacial score (nSPS) is 17.6. The van der Waals surface area contributed by atoms with E-state index in [4.69, 9.17) is 9.15 Å². The maximum Gasteiger partial charge on any atom is 0.138 e. The van der Waals surface area contributed by atoms with Gasteiger partial charge in [-0.1, -0.05) is 24.6 Å². The van der Waals surface area contributed by atoms with E-state index in [1.165, 1.54) is 24.9 Å². The Morgan fingerprint density at radius 2 is 1.87 bits per heavy atom. The first-order valence-electron chi connectivity index (χ1n) is 10.5. The van der Waals surface area contributed by atoms with E-state index in [0.717, 1.165) is 34.6 Å². The molecule has 0 amide bonds. The number of halogens is 1. The molecule has 4 nitrogen and oxygen atoms in total. The zero-order valence-corrected chi connectivity index (χ0v) is 18.7. The standard InChI is InChI=1S/C25H30N2O2.ClH/c1-18(24-6-4-5-15-26-24)28-23-14-10-20-16-22(29-25(20)17-23)13-9-19-7-11-21(12-8-19)27(2)3;/h7-14,16-18,24,26H,4-6,15H2,1-3H3;1H. The van der Waals surface area contributed by atoms with Gasteiger partial charge in [0.15, 0.2) is 0 Å². The molecule has 2 heterocycles. The van der Waals surface area contributed by atoms with Crippen LogP contribution in [-0.2, 0) is 0 Å². The molecular formula is C25H31ClN2O2. The van der Waals surface area contributed by atoms with Crippen molar-refractivity contribution in [3.63, 3.8) is 0 Å². The highest BCUT2D eigenvalue weighted by Gasteiger charge is 2.21. The van der Waals surface area contributed by atoms with Gasteiger partial charge in [0.05, 0.1) is 0 Å². The molecule has 2 aromatic carbocycles. The van der Waals surface area contributed by atoms with Crippen LogP contribution in [0.3, 0.4) is 0 Å². The second-order valence-electron chi connectivity index (χ2n) is 8.05. The zero-order valence-electron chi connectivity index (χ0n) is 17.9. The zero-order chi connectivity index (χ0) is 20.2. The van der Waals surface area contributed by atoms with Gasteiger partial charge in [0.1, 0.15) is 23.2 Å². The number of rotatable bonds is 6. The molecule has 0 saturated carbocycles. The first kappa shape index (κ1) is 22.3. The predicted octanol–water partition coefficient (Wildman–Crippen LogP) is 6.00. The molecule has 0 radical (unpaired) electrons. The van der Waals surface area contributed by atoms with E-state index >= 15 is 0 Å². The fraction of sp³-hybridized carbons (Fsp3) is 0.360. The summed E-state index contributed by atoms with van der Waals surface area (Å²) in [5.74, 6) is 1.71. The fourth-order valence-electron chi connectivity index (χ4n) is 3.83. The molecule has 3 aromatic rings. The first-order chi connectivity index (χ1) is 14.1. The second kappa shape index (κ2) is 10.1. The Morgan fingerprint density at radius 1 is 1.07 bits per heavy atom. The molecule has 0 aliphatic carbocycles. The summed E-state index contributed by atoms with van der Waals surface area (Å²) < 4.78 is 12.2. The highest BCUT2D eigenvalue weighted by Crippen LogP contribution is 2.27. The van der Waals surface area contributed by atoms with Crippen molar-refractivity contribution in [3.8, 4) is 5.75 Å². The lowest BCUT2D eigenvalue weighted by Crippen LogP contribution is -2.44. The number of nitrogens with zero attached hydrogens (tertiary/aromatic N) is 1. The average molecular weight is 427 g/mol. The van der Waals surface area contributed by atoms with Crippen LogP contribution in [0.1, 0.15) is 37.5 Å². The van der Waals surface area contributed by atoms with Gasteiger partial charge in [-0.2, -0.15) is 0 Å². The van der Waals surface area contributed by atoms with Crippen molar-refractivity contribution in [1.29, 1.82) is 0 Å². The van der Waals surface area contributed by atoms with E-state index in [1.807, 2.05) is 32.3 Å². The number of anilines is 1. The van der Waals surface area contributed by atoms with E-state index in [0.29, 0.717) is 6.04 Å². The summed E-state index contributed by atoms with van der Waals surface area (Å²) >= 11 is 0. The first-order valence-corrected chi connectivity index (χ1v) is 10.5. The minimum atomic E-state index is 0. The monoisotopic (exact) mass is 426 g/mol. The van der Waals surface area contributed by atoms with Crippen molar-refractivity contribution in [2.24, 2.45) is 0 Å². The van der Waals surface area contributed by atoms with Crippen LogP contribution in [0.2, 0.25) is 0 Å². The van der Waals surface area contributed by atoms with Gasteiger partial charge in [-0.15, -0.1) is 12.4 Å². The van der Waals surface area contributed by atoms with Crippen LogP contribution in [0.5, 0.6) is 5.75 Å². The Balaban J connectivity index is 0.00000256. The van der Waals surface area contributed by atoms with Crippen molar-refractivity contribution in [2.75, 3.05) is 25.5 Å². The van der Waals surface area contributed by atoms with Gasteiger partial charge in [-0.05, 0) is 68.3 Å². The minimum Gasteiger partial charge on any atom is -0.489 e. The van der Waals surface area contributed by atoms with Gasteiger partial charge in [0, 0.05) is 37.3 Å². The van der Waals surface area contributed by atoms with Crippen LogP contribution in [0.15, 0.2) is 52.9 Å². The molecule has 1 fully saturated rings. The Morgan fingerprint density at radius 3 is 2.57 bits per heavy atom. The van der Waals surface area contributed by atoms with E-state index in [2.05, 4.69) is 59.6 Å². The Labute approximate surface area is 185 Å². The number of hydrogen-bond donors (Lipinski definition) is 1. The van der Waals surface area contributed by atoms with Crippen LogP contribution >= 0.6 is 12.4 Å². The van der Waals surface area contributed by atoms with Gasteiger partial charge in [-0.3, -0.25) is 0 Å². The van der Waals surface area contributed by atoms with Crippen LogP contribution < -0.4 is 15.0 Å². The van der Waals surface area contributed by atoms with Crippen LogP contribution in [-0.4, -0.2) is 32.8 Å². The molecule has 1 aliphatic rings. The molecule has 0 bridgehead atoms. The molecule has 4 rings (SSSR count). The van der Waals surface area contributed by atoms with Crippen LogP contribution in [0, 0.1) is 0 Å². The van der Waals surface area contributed by atoms with Crippen molar-refractivity contribution >= 4 is 41.2 Å².